The number of aromatic carboxylic acids is 1. The van der Waals surface area contributed by atoms with Crippen LogP contribution < -0.4 is 0 Å². The maximum absolute atomic E-state index is 13.9. The van der Waals surface area contributed by atoms with Gasteiger partial charge in [0.25, 0.3) is 0 Å². The van der Waals surface area contributed by atoms with Crippen molar-refractivity contribution >= 4 is 17.3 Å². The number of carboxylic acids is 1. The second kappa shape index (κ2) is 4.25. The van der Waals surface area contributed by atoms with E-state index in [2.05, 4.69) is 0 Å². The maximum Gasteiger partial charge on any atom is 0.335 e. The third-order valence-corrected chi connectivity index (χ3v) is 3.26. The highest BCUT2D eigenvalue weighted by atomic mass is 32.1. The van der Waals surface area contributed by atoms with Crippen molar-refractivity contribution < 1.29 is 18.7 Å². The van der Waals surface area contributed by atoms with Crippen molar-refractivity contribution in [2.45, 2.75) is 5.92 Å². The zero-order valence-corrected chi connectivity index (χ0v) is 9.38. The predicted octanol–water partition coefficient (Wildman–Crippen LogP) is 3.59. The molecule has 0 amide bonds. The molecule has 0 aliphatic carbocycles. The molecule has 0 radical (unpaired) electrons. The standard InChI is InChI=1S/C12H8F2O2S/c13-12(14,10-2-1-7-17-10)9-5-3-8(4-6-9)11(15)16/h1-7H,(H,15,16). The van der Waals surface area contributed by atoms with Gasteiger partial charge in [0.2, 0.25) is 0 Å². The van der Waals surface area contributed by atoms with E-state index in [1.54, 1.807) is 11.4 Å². The first-order chi connectivity index (χ1) is 8.01. The van der Waals surface area contributed by atoms with Crippen molar-refractivity contribution in [2.24, 2.45) is 0 Å². The number of thiophene rings is 1. The zero-order valence-electron chi connectivity index (χ0n) is 8.56. The molecule has 1 aromatic carbocycles. The Balaban J connectivity index is 2.37. The maximum atomic E-state index is 13.9. The molecule has 0 aliphatic heterocycles. The van der Waals surface area contributed by atoms with Gasteiger partial charge in [-0.15, -0.1) is 11.3 Å². The number of alkyl halides is 2. The SMILES string of the molecule is O=C(O)c1ccc(C(F)(F)c2cccs2)cc1. The molecule has 2 nitrogen and oxygen atoms in total. The summed E-state index contributed by atoms with van der Waals surface area (Å²) in [5.41, 5.74) is -0.208. The molecule has 1 heterocycles. The first-order valence-electron chi connectivity index (χ1n) is 4.77. The molecule has 5 heteroatoms. The smallest absolute Gasteiger partial charge is 0.335 e. The molecule has 0 spiro atoms. The number of rotatable bonds is 3. The van der Waals surface area contributed by atoms with E-state index < -0.39 is 11.9 Å². The topological polar surface area (TPSA) is 37.3 Å². The Bertz CT molecular complexity index is 518. The fourth-order valence-electron chi connectivity index (χ4n) is 1.42. The molecule has 0 saturated heterocycles. The molecular weight excluding hydrogens is 246 g/mol. The Kier molecular flexibility index (Phi) is 2.93. The molecule has 0 unspecified atom stereocenters. The summed E-state index contributed by atoms with van der Waals surface area (Å²) >= 11 is 0.969. The van der Waals surface area contributed by atoms with Crippen molar-refractivity contribution in [2.75, 3.05) is 0 Å². The molecule has 17 heavy (non-hydrogen) atoms. The summed E-state index contributed by atoms with van der Waals surface area (Å²) in [5.74, 6) is -4.21. The zero-order chi connectivity index (χ0) is 12.5. The van der Waals surface area contributed by atoms with Crippen molar-refractivity contribution in [3.8, 4) is 0 Å². The van der Waals surface area contributed by atoms with Gasteiger partial charge in [0.05, 0.1) is 10.4 Å². The fourth-order valence-corrected chi connectivity index (χ4v) is 2.15. The lowest BCUT2D eigenvalue weighted by Gasteiger charge is -2.14. The first kappa shape index (κ1) is 11.7. The molecule has 88 valence electrons. The largest absolute Gasteiger partial charge is 0.478 e. The summed E-state index contributed by atoms with van der Waals surface area (Å²) in [4.78, 5) is 10.6. The molecular formula is C12H8F2O2S. The molecule has 1 N–H and O–H groups in total. The molecule has 1 aromatic heterocycles. The van der Waals surface area contributed by atoms with Gasteiger partial charge in [-0.3, -0.25) is 0 Å². The van der Waals surface area contributed by atoms with Gasteiger partial charge in [-0.25, -0.2) is 4.79 Å². The van der Waals surface area contributed by atoms with Crippen molar-refractivity contribution in [1.82, 2.24) is 0 Å². The van der Waals surface area contributed by atoms with E-state index in [9.17, 15) is 13.6 Å². The van der Waals surface area contributed by atoms with Crippen molar-refractivity contribution in [3.05, 3.63) is 57.8 Å². The van der Waals surface area contributed by atoms with Gasteiger partial charge in [0, 0.05) is 5.56 Å². The van der Waals surface area contributed by atoms with Crippen LogP contribution in [-0.4, -0.2) is 11.1 Å². The van der Waals surface area contributed by atoms with Gasteiger partial charge in [-0.1, -0.05) is 18.2 Å². The highest BCUT2D eigenvalue weighted by molar-refractivity contribution is 7.10. The van der Waals surface area contributed by atoms with Gasteiger partial charge in [0.15, 0.2) is 0 Å². The summed E-state index contributed by atoms with van der Waals surface area (Å²) in [7, 11) is 0. The lowest BCUT2D eigenvalue weighted by atomic mass is 10.1. The van der Waals surface area contributed by atoms with Gasteiger partial charge in [-0.2, -0.15) is 8.78 Å². The van der Waals surface area contributed by atoms with E-state index in [-0.39, 0.29) is 16.0 Å². The van der Waals surface area contributed by atoms with Crippen LogP contribution >= 0.6 is 11.3 Å². The Morgan fingerprint density at radius 3 is 2.29 bits per heavy atom. The molecule has 0 bridgehead atoms. The van der Waals surface area contributed by atoms with E-state index in [1.807, 2.05) is 0 Å². The van der Waals surface area contributed by atoms with Crippen molar-refractivity contribution in [1.29, 1.82) is 0 Å². The van der Waals surface area contributed by atoms with E-state index in [0.29, 0.717) is 0 Å². The average Bonchev–Trinajstić information content (AvgIpc) is 2.83. The highest BCUT2D eigenvalue weighted by Crippen LogP contribution is 2.38. The van der Waals surface area contributed by atoms with Crippen LogP contribution in [0.3, 0.4) is 0 Å². The van der Waals surface area contributed by atoms with Crippen LogP contribution in [0.15, 0.2) is 41.8 Å². The number of carboxylic acid groups (broad SMARTS) is 1. The normalized spacial score (nSPS) is 11.4. The van der Waals surface area contributed by atoms with Crippen LogP contribution in [0, 0.1) is 0 Å². The number of halogens is 2. The third-order valence-electron chi connectivity index (χ3n) is 2.33. The molecule has 0 atom stereocenters. The summed E-state index contributed by atoms with van der Waals surface area (Å²) in [5, 5.41) is 10.3. The van der Waals surface area contributed by atoms with E-state index in [4.69, 9.17) is 5.11 Å². The molecule has 0 aliphatic rings. The lowest BCUT2D eigenvalue weighted by molar-refractivity contribution is 0.0467. The molecule has 0 saturated carbocycles. The Labute approximate surface area is 100 Å². The second-order valence-electron chi connectivity index (χ2n) is 3.43. The van der Waals surface area contributed by atoms with Crippen LogP contribution in [0.2, 0.25) is 0 Å². The molecule has 2 aromatic rings. The van der Waals surface area contributed by atoms with Crippen LogP contribution in [0.5, 0.6) is 0 Å². The van der Waals surface area contributed by atoms with Crippen LogP contribution in [0.4, 0.5) is 8.78 Å². The van der Waals surface area contributed by atoms with Gasteiger partial charge in [-0.05, 0) is 23.6 Å². The van der Waals surface area contributed by atoms with Crippen LogP contribution in [-0.2, 0) is 5.92 Å². The predicted molar refractivity (Wildman–Crippen MR) is 60.7 cm³/mol. The minimum absolute atomic E-state index is 0.00395. The van der Waals surface area contributed by atoms with Crippen LogP contribution in [0.1, 0.15) is 20.8 Å². The van der Waals surface area contributed by atoms with Gasteiger partial charge in [0.1, 0.15) is 0 Å². The molecule has 2 rings (SSSR count). The average molecular weight is 254 g/mol. The van der Waals surface area contributed by atoms with Crippen molar-refractivity contribution in [3.63, 3.8) is 0 Å². The van der Waals surface area contributed by atoms with E-state index in [0.717, 1.165) is 23.5 Å². The lowest BCUT2D eigenvalue weighted by Crippen LogP contribution is -2.13. The first-order valence-corrected chi connectivity index (χ1v) is 5.65. The summed E-state index contributed by atoms with van der Waals surface area (Å²) in [6, 6.07) is 7.56. The summed E-state index contributed by atoms with van der Waals surface area (Å²) in [6.45, 7) is 0. The molecule has 0 fully saturated rings. The quantitative estimate of drug-likeness (QED) is 0.908. The fraction of sp³-hybridized carbons (Fsp3) is 0.0833. The number of benzene rings is 1. The number of carbonyl (C=O) groups is 1. The minimum atomic E-state index is -3.08. The highest BCUT2D eigenvalue weighted by Gasteiger charge is 2.34. The number of hydrogen-bond donors (Lipinski definition) is 1. The van der Waals surface area contributed by atoms with Crippen LogP contribution in [0.25, 0.3) is 0 Å². The Morgan fingerprint density at radius 2 is 1.82 bits per heavy atom. The Morgan fingerprint density at radius 1 is 1.18 bits per heavy atom. The minimum Gasteiger partial charge on any atom is -0.478 e. The monoisotopic (exact) mass is 254 g/mol. The number of hydrogen-bond acceptors (Lipinski definition) is 2. The summed E-state index contributed by atoms with van der Waals surface area (Å²) < 4.78 is 27.8. The van der Waals surface area contributed by atoms with Gasteiger partial charge >= 0.3 is 11.9 Å². The second-order valence-corrected chi connectivity index (χ2v) is 4.38. The summed E-state index contributed by atoms with van der Waals surface area (Å²) in [6.07, 6.45) is 0. The Hall–Kier alpha value is -1.75. The van der Waals surface area contributed by atoms with Gasteiger partial charge < -0.3 is 5.11 Å². The van der Waals surface area contributed by atoms with E-state index >= 15 is 0 Å². The third kappa shape index (κ3) is 2.19. The van der Waals surface area contributed by atoms with E-state index in [1.165, 1.54) is 18.2 Å².